The Bertz CT molecular complexity index is 1290. The lowest BCUT2D eigenvalue weighted by Crippen LogP contribution is -2.22. The summed E-state index contributed by atoms with van der Waals surface area (Å²) in [7, 11) is -3.30. The van der Waals surface area contributed by atoms with Gasteiger partial charge in [0.05, 0.1) is 10.1 Å². The molecule has 0 unspecified atom stereocenters. The molecular weight excluding hydrogens is 450 g/mol. The van der Waals surface area contributed by atoms with Gasteiger partial charge in [0.25, 0.3) is 5.91 Å². The molecule has 0 spiro atoms. The molecule has 5 rings (SSSR count). The zero-order valence-corrected chi connectivity index (χ0v) is 18.6. The van der Waals surface area contributed by atoms with Gasteiger partial charge in [-0.25, -0.2) is 18.4 Å². The Labute approximate surface area is 188 Å². The lowest BCUT2D eigenvalue weighted by atomic mass is 10.1. The number of hydrogen-bond donors (Lipinski definition) is 3. The first-order valence-electron chi connectivity index (χ1n) is 10.3. The molecule has 11 heteroatoms. The van der Waals surface area contributed by atoms with Gasteiger partial charge in [-0.1, -0.05) is 23.5 Å². The van der Waals surface area contributed by atoms with E-state index in [1.54, 1.807) is 12.1 Å². The molecule has 3 aromatic rings. The number of nitrogens with zero attached hydrogens (tertiary/aromatic N) is 2. The van der Waals surface area contributed by atoms with Crippen molar-refractivity contribution < 1.29 is 17.9 Å². The Balaban J connectivity index is 1.27. The Morgan fingerprint density at radius 2 is 1.91 bits per heavy atom. The van der Waals surface area contributed by atoms with Gasteiger partial charge in [0.15, 0.2) is 15.0 Å². The fraction of sp³-hybridized carbons (Fsp3) is 0.333. The van der Waals surface area contributed by atoms with Crippen LogP contribution in [0, 0.1) is 5.41 Å². The molecule has 32 heavy (non-hydrogen) atoms. The maximum Gasteiger partial charge on any atom is 0.275 e. The number of fused-ring (bicyclic) bond motifs is 1. The summed E-state index contributed by atoms with van der Waals surface area (Å²) in [4.78, 5) is 22.2. The van der Waals surface area contributed by atoms with Crippen molar-refractivity contribution in [2.45, 2.75) is 35.5 Å². The summed E-state index contributed by atoms with van der Waals surface area (Å²) < 4.78 is 30.5. The van der Waals surface area contributed by atoms with Crippen LogP contribution in [0.15, 0.2) is 41.3 Å². The first-order valence-corrected chi connectivity index (χ1v) is 12.7. The van der Waals surface area contributed by atoms with Crippen LogP contribution in [-0.4, -0.2) is 54.4 Å². The SMILES string of the molecule is N=C(C(=O)Nc1nc2ccc(O[C@H]3CCNC3)nc2s1)c1ccc(S(=O)(=O)C2CC2)cc1. The number of rotatable bonds is 7. The normalized spacial score (nSPS) is 18.6. The van der Waals surface area contributed by atoms with Crippen molar-refractivity contribution in [3.63, 3.8) is 0 Å². The van der Waals surface area contributed by atoms with E-state index in [1.165, 1.54) is 35.6 Å². The minimum Gasteiger partial charge on any atom is -0.473 e. The number of hydrogen-bond acceptors (Lipinski definition) is 9. The fourth-order valence-corrected chi connectivity index (χ4v) is 5.97. The molecule has 2 aromatic heterocycles. The van der Waals surface area contributed by atoms with Gasteiger partial charge in [-0.2, -0.15) is 0 Å². The number of thiazole rings is 1. The van der Waals surface area contributed by atoms with Crippen molar-refractivity contribution in [1.29, 1.82) is 5.41 Å². The molecule has 0 bridgehead atoms. The topological polar surface area (TPSA) is 134 Å². The van der Waals surface area contributed by atoms with Crippen molar-refractivity contribution in [3.8, 4) is 5.88 Å². The number of anilines is 1. The van der Waals surface area contributed by atoms with Crippen LogP contribution in [0.4, 0.5) is 5.13 Å². The van der Waals surface area contributed by atoms with Crippen LogP contribution in [0.1, 0.15) is 24.8 Å². The van der Waals surface area contributed by atoms with Gasteiger partial charge >= 0.3 is 0 Å². The van der Waals surface area contributed by atoms with Crippen molar-refractivity contribution in [2.24, 2.45) is 0 Å². The number of benzene rings is 1. The number of ether oxygens (including phenoxy) is 1. The molecule has 1 aromatic carbocycles. The smallest absolute Gasteiger partial charge is 0.275 e. The van der Waals surface area contributed by atoms with E-state index < -0.39 is 15.7 Å². The van der Waals surface area contributed by atoms with Crippen LogP contribution in [0.3, 0.4) is 0 Å². The second kappa shape index (κ2) is 8.23. The van der Waals surface area contributed by atoms with Gasteiger partial charge in [-0.05, 0) is 44.0 Å². The molecule has 9 nitrogen and oxygen atoms in total. The van der Waals surface area contributed by atoms with Crippen molar-refractivity contribution in [1.82, 2.24) is 15.3 Å². The fourth-order valence-electron chi connectivity index (χ4n) is 3.49. The molecule has 1 saturated heterocycles. The van der Waals surface area contributed by atoms with Crippen LogP contribution in [0.5, 0.6) is 5.88 Å². The largest absolute Gasteiger partial charge is 0.473 e. The third kappa shape index (κ3) is 4.23. The molecule has 3 heterocycles. The number of aromatic nitrogens is 2. The highest BCUT2D eigenvalue weighted by atomic mass is 32.2. The van der Waals surface area contributed by atoms with Crippen molar-refractivity contribution in [3.05, 3.63) is 42.0 Å². The van der Waals surface area contributed by atoms with Crippen LogP contribution in [0.2, 0.25) is 0 Å². The lowest BCUT2D eigenvalue weighted by Gasteiger charge is -2.10. The third-order valence-electron chi connectivity index (χ3n) is 5.41. The number of carbonyl (C=O) groups is 1. The molecule has 2 aliphatic rings. The van der Waals surface area contributed by atoms with Crippen LogP contribution >= 0.6 is 11.3 Å². The number of nitrogens with one attached hydrogen (secondary N) is 3. The molecular formula is C21H21N5O4S2. The highest BCUT2D eigenvalue weighted by Crippen LogP contribution is 2.33. The summed E-state index contributed by atoms with van der Waals surface area (Å²) >= 11 is 1.20. The number of sulfone groups is 1. The summed E-state index contributed by atoms with van der Waals surface area (Å²) in [6.45, 7) is 1.72. The van der Waals surface area contributed by atoms with E-state index >= 15 is 0 Å². The van der Waals surface area contributed by atoms with Crippen molar-refractivity contribution in [2.75, 3.05) is 18.4 Å². The lowest BCUT2D eigenvalue weighted by molar-refractivity contribution is -0.110. The summed E-state index contributed by atoms with van der Waals surface area (Å²) in [5, 5.41) is 14.1. The van der Waals surface area contributed by atoms with Crippen LogP contribution in [0.25, 0.3) is 10.3 Å². The van der Waals surface area contributed by atoms with E-state index in [0.717, 1.165) is 19.5 Å². The van der Waals surface area contributed by atoms with E-state index in [-0.39, 0.29) is 22.0 Å². The quantitative estimate of drug-likeness (QED) is 0.450. The Morgan fingerprint density at radius 3 is 2.59 bits per heavy atom. The number of pyridine rings is 1. The highest BCUT2D eigenvalue weighted by molar-refractivity contribution is 7.92. The van der Waals surface area contributed by atoms with E-state index in [4.69, 9.17) is 10.1 Å². The Kier molecular flexibility index (Phi) is 5.39. The Morgan fingerprint density at radius 1 is 1.12 bits per heavy atom. The zero-order chi connectivity index (χ0) is 22.3. The second-order valence-electron chi connectivity index (χ2n) is 7.82. The molecule has 1 saturated carbocycles. The summed E-state index contributed by atoms with van der Waals surface area (Å²) in [5.74, 6) is -0.114. The number of carbonyl (C=O) groups excluding carboxylic acids is 1. The highest BCUT2D eigenvalue weighted by Gasteiger charge is 2.36. The summed E-state index contributed by atoms with van der Waals surface area (Å²) in [5.41, 5.74) is 0.686. The zero-order valence-electron chi connectivity index (χ0n) is 17.0. The first-order chi connectivity index (χ1) is 15.4. The molecule has 1 atom stereocenters. The maximum absolute atomic E-state index is 12.5. The second-order valence-corrected chi connectivity index (χ2v) is 11.0. The third-order valence-corrected chi connectivity index (χ3v) is 8.57. The summed E-state index contributed by atoms with van der Waals surface area (Å²) in [6.07, 6.45) is 2.40. The summed E-state index contributed by atoms with van der Waals surface area (Å²) in [6, 6.07) is 9.42. The van der Waals surface area contributed by atoms with E-state index in [1.807, 2.05) is 0 Å². The monoisotopic (exact) mass is 471 g/mol. The number of amides is 1. The molecule has 0 radical (unpaired) electrons. The average Bonchev–Trinajstić information content (AvgIpc) is 3.40. The minimum absolute atomic E-state index is 0.0955. The van der Waals surface area contributed by atoms with E-state index in [2.05, 4.69) is 20.6 Å². The first kappa shape index (κ1) is 21.0. The van der Waals surface area contributed by atoms with Crippen LogP contribution < -0.4 is 15.4 Å². The molecule has 2 fully saturated rings. The molecule has 3 N–H and O–H groups in total. The van der Waals surface area contributed by atoms with Gasteiger partial charge in [-0.3, -0.25) is 15.5 Å². The standard InChI is InChI=1S/C21H21N5O4S2/c22-18(12-1-3-14(4-2-12)32(28,29)15-5-6-15)19(27)26-21-24-16-7-8-17(25-20(16)31-21)30-13-9-10-23-11-13/h1-4,7-8,13,15,22-23H,5-6,9-11H2,(H,24,26,27)/t13-/m0/s1. The van der Waals surface area contributed by atoms with Crippen LogP contribution in [-0.2, 0) is 14.6 Å². The molecule has 1 amide bonds. The van der Waals surface area contributed by atoms with Gasteiger partial charge in [0.1, 0.15) is 22.2 Å². The Hall–Kier alpha value is -2.89. The molecule has 1 aliphatic heterocycles. The molecule has 166 valence electrons. The minimum atomic E-state index is -3.30. The molecule has 1 aliphatic carbocycles. The average molecular weight is 472 g/mol. The van der Waals surface area contributed by atoms with Gasteiger partial charge in [0.2, 0.25) is 5.88 Å². The maximum atomic E-state index is 12.5. The predicted octanol–water partition coefficient (Wildman–Crippen LogP) is 2.37. The van der Waals surface area contributed by atoms with Gasteiger partial charge in [0, 0.05) is 18.2 Å². The van der Waals surface area contributed by atoms with Crippen molar-refractivity contribution >= 4 is 48.3 Å². The van der Waals surface area contributed by atoms with Gasteiger partial charge < -0.3 is 10.1 Å². The van der Waals surface area contributed by atoms with E-state index in [9.17, 15) is 13.2 Å². The van der Waals surface area contributed by atoms with Gasteiger partial charge in [-0.15, -0.1) is 0 Å². The van der Waals surface area contributed by atoms with E-state index in [0.29, 0.717) is 39.8 Å². The predicted molar refractivity (Wildman–Crippen MR) is 121 cm³/mol.